The number of aryl methyl sites for hydroxylation is 1. The average Bonchev–Trinajstić information content (AvgIpc) is 2.73. The second kappa shape index (κ2) is 7.74. The molecule has 1 aromatic carbocycles. The maximum Gasteiger partial charge on any atom is 0.270 e. The van der Waals surface area contributed by atoms with Gasteiger partial charge in [0.25, 0.3) is 11.5 Å². The molecule has 0 radical (unpaired) electrons. The van der Waals surface area contributed by atoms with Crippen LogP contribution in [0.3, 0.4) is 0 Å². The first-order chi connectivity index (χ1) is 13.2. The minimum atomic E-state index is -0.295. The number of likely N-dealkylation sites (tertiary alicyclic amines) is 1. The van der Waals surface area contributed by atoms with Gasteiger partial charge >= 0.3 is 0 Å². The van der Waals surface area contributed by atoms with Crippen molar-refractivity contribution in [3.63, 3.8) is 0 Å². The fourth-order valence-corrected chi connectivity index (χ4v) is 3.78. The molecule has 0 spiro atoms. The van der Waals surface area contributed by atoms with E-state index in [2.05, 4.69) is 29.2 Å². The van der Waals surface area contributed by atoms with Crippen molar-refractivity contribution >= 4 is 11.6 Å². The summed E-state index contributed by atoms with van der Waals surface area (Å²) < 4.78 is 1.43. The van der Waals surface area contributed by atoms with Gasteiger partial charge in [-0.3, -0.25) is 14.0 Å². The molecule has 5 nitrogen and oxygen atoms in total. The molecule has 5 heteroatoms. The zero-order valence-corrected chi connectivity index (χ0v) is 15.3. The third kappa shape index (κ3) is 3.77. The van der Waals surface area contributed by atoms with Crippen LogP contribution in [-0.2, 0) is 6.42 Å². The van der Waals surface area contributed by atoms with Gasteiger partial charge in [-0.25, -0.2) is 4.98 Å². The van der Waals surface area contributed by atoms with Crippen LogP contribution in [0.5, 0.6) is 0 Å². The first-order valence-electron chi connectivity index (χ1n) is 9.52. The smallest absolute Gasteiger partial charge is 0.270 e. The molecule has 1 aliphatic heterocycles. The molecule has 3 heterocycles. The number of fused-ring (bicyclic) bond motifs is 1. The molecule has 138 valence electrons. The second-order valence-electron chi connectivity index (χ2n) is 7.17. The molecule has 0 atom stereocenters. The largest absolute Gasteiger partial charge is 0.338 e. The molecule has 1 aliphatic rings. The minimum Gasteiger partial charge on any atom is -0.338 e. The molecule has 27 heavy (non-hydrogen) atoms. The Kier molecular flexibility index (Phi) is 5.01. The number of pyridine rings is 1. The zero-order chi connectivity index (χ0) is 18.6. The predicted octanol–water partition coefficient (Wildman–Crippen LogP) is 3.18. The van der Waals surface area contributed by atoms with Crippen molar-refractivity contribution in [2.24, 2.45) is 5.92 Å². The van der Waals surface area contributed by atoms with E-state index in [9.17, 15) is 9.59 Å². The molecule has 0 bridgehead atoms. The first kappa shape index (κ1) is 17.5. The molecule has 0 unspecified atom stereocenters. The monoisotopic (exact) mass is 361 g/mol. The van der Waals surface area contributed by atoms with Crippen molar-refractivity contribution in [3.8, 4) is 0 Å². The van der Waals surface area contributed by atoms with Gasteiger partial charge in [-0.2, -0.15) is 0 Å². The van der Waals surface area contributed by atoms with Crippen molar-refractivity contribution in [2.45, 2.75) is 25.7 Å². The van der Waals surface area contributed by atoms with Crippen LogP contribution < -0.4 is 5.56 Å². The Bertz CT molecular complexity index is 989. The number of carbonyl (C=O) groups is 1. The van der Waals surface area contributed by atoms with Gasteiger partial charge in [0, 0.05) is 25.5 Å². The summed E-state index contributed by atoms with van der Waals surface area (Å²) in [6.45, 7) is 1.41. The summed E-state index contributed by atoms with van der Waals surface area (Å²) >= 11 is 0. The van der Waals surface area contributed by atoms with E-state index in [0.717, 1.165) is 25.7 Å². The number of nitrogens with zero attached hydrogens (tertiary/aromatic N) is 3. The Morgan fingerprint density at radius 3 is 2.56 bits per heavy atom. The van der Waals surface area contributed by atoms with Crippen LogP contribution in [0.15, 0.2) is 65.7 Å². The van der Waals surface area contributed by atoms with Crippen molar-refractivity contribution in [1.29, 1.82) is 0 Å². The summed E-state index contributed by atoms with van der Waals surface area (Å²) in [6, 6.07) is 15.9. The third-order valence-electron chi connectivity index (χ3n) is 5.43. The summed E-state index contributed by atoms with van der Waals surface area (Å²) in [5, 5.41) is 0. The molecule has 2 aromatic heterocycles. The molecule has 1 saturated heterocycles. The molecule has 0 N–H and O–H groups in total. The molecular formula is C22H23N3O2. The number of carbonyl (C=O) groups excluding carboxylic acids is 1. The number of piperidine rings is 1. The number of rotatable bonds is 4. The summed E-state index contributed by atoms with van der Waals surface area (Å²) in [6.07, 6.45) is 7.27. The van der Waals surface area contributed by atoms with E-state index in [4.69, 9.17) is 0 Å². The maximum atomic E-state index is 12.8. The molecule has 0 aliphatic carbocycles. The SMILES string of the molecule is O=C(c1cnc2ccccn2c1=O)N1CCC(CCc2ccccc2)CC1. The fraction of sp³-hybridized carbons (Fsp3) is 0.318. The topological polar surface area (TPSA) is 54.7 Å². The van der Waals surface area contributed by atoms with E-state index in [-0.39, 0.29) is 17.0 Å². The van der Waals surface area contributed by atoms with Gasteiger partial charge in [0.1, 0.15) is 11.2 Å². The van der Waals surface area contributed by atoms with E-state index in [1.54, 1.807) is 23.2 Å². The van der Waals surface area contributed by atoms with Crippen LogP contribution in [0.4, 0.5) is 0 Å². The van der Waals surface area contributed by atoms with Gasteiger partial charge in [-0.1, -0.05) is 36.4 Å². The summed E-state index contributed by atoms with van der Waals surface area (Å²) in [5.41, 5.74) is 1.78. The zero-order valence-electron chi connectivity index (χ0n) is 15.3. The first-order valence-corrected chi connectivity index (χ1v) is 9.52. The lowest BCUT2D eigenvalue weighted by Gasteiger charge is -2.32. The van der Waals surface area contributed by atoms with Crippen molar-refractivity contribution < 1.29 is 4.79 Å². The van der Waals surface area contributed by atoms with E-state index < -0.39 is 0 Å². The van der Waals surface area contributed by atoms with Crippen LogP contribution >= 0.6 is 0 Å². The predicted molar refractivity (Wildman–Crippen MR) is 105 cm³/mol. The van der Waals surface area contributed by atoms with Gasteiger partial charge < -0.3 is 4.90 Å². The molecule has 1 fully saturated rings. The quantitative estimate of drug-likeness (QED) is 0.717. The highest BCUT2D eigenvalue weighted by atomic mass is 16.2. The number of benzene rings is 1. The van der Waals surface area contributed by atoms with Crippen LogP contribution in [0, 0.1) is 5.92 Å². The Hall–Kier alpha value is -2.95. The normalized spacial score (nSPS) is 15.2. The summed E-state index contributed by atoms with van der Waals surface area (Å²) in [7, 11) is 0. The molecule has 3 aromatic rings. The van der Waals surface area contributed by atoms with E-state index in [1.165, 1.54) is 16.2 Å². The highest BCUT2D eigenvalue weighted by Crippen LogP contribution is 2.23. The number of aromatic nitrogens is 2. The maximum absolute atomic E-state index is 12.8. The number of hydrogen-bond donors (Lipinski definition) is 0. The van der Waals surface area contributed by atoms with Crippen LogP contribution in [-0.4, -0.2) is 33.3 Å². The van der Waals surface area contributed by atoms with Crippen LogP contribution in [0.1, 0.15) is 35.2 Å². The summed E-state index contributed by atoms with van der Waals surface area (Å²) in [5.74, 6) is 0.428. The second-order valence-corrected chi connectivity index (χ2v) is 7.17. The standard InChI is InChI=1S/C22H23N3O2/c26-21(19-16-23-20-8-4-5-13-25(20)22(19)27)24-14-11-18(12-15-24)10-9-17-6-2-1-3-7-17/h1-8,13,16,18H,9-12,14-15H2. The molecule has 0 saturated carbocycles. The van der Waals surface area contributed by atoms with Crippen LogP contribution in [0.25, 0.3) is 5.65 Å². The Morgan fingerprint density at radius 2 is 1.78 bits per heavy atom. The fourth-order valence-electron chi connectivity index (χ4n) is 3.78. The van der Waals surface area contributed by atoms with Gasteiger partial charge in [0.15, 0.2) is 0 Å². The minimum absolute atomic E-state index is 0.154. The molecule has 4 rings (SSSR count). The van der Waals surface area contributed by atoms with Crippen LogP contribution in [0.2, 0.25) is 0 Å². The van der Waals surface area contributed by atoms with E-state index in [1.807, 2.05) is 12.1 Å². The van der Waals surface area contributed by atoms with E-state index in [0.29, 0.717) is 24.7 Å². The van der Waals surface area contributed by atoms with Gasteiger partial charge in [0.05, 0.1) is 0 Å². The van der Waals surface area contributed by atoms with Crippen molar-refractivity contribution in [3.05, 3.63) is 82.4 Å². The average molecular weight is 361 g/mol. The van der Waals surface area contributed by atoms with E-state index >= 15 is 0 Å². The molecular weight excluding hydrogens is 338 g/mol. The highest BCUT2D eigenvalue weighted by Gasteiger charge is 2.25. The third-order valence-corrected chi connectivity index (χ3v) is 5.43. The van der Waals surface area contributed by atoms with Gasteiger partial charge in [0.2, 0.25) is 0 Å². The highest BCUT2D eigenvalue weighted by molar-refractivity contribution is 5.93. The Labute approximate surface area is 158 Å². The Morgan fingerprint density at radius 1 is 1.04 bits per heavy atom. The molecule has 1 amide bonds. The van der Waals surface area contributed by atoms with Gasteiger partial charge in [-0.05, 0) is 49.3 Å². The lowest BCUT2D eigenvalue weighted by atomic mass is 9.90. The lowest BCUT2D eigenvalue weighted by Crippen LogP contribution is -2.41. The lowest BCUT2D eigenvalue weighted by molar-refractivity contribution is 0.0684. The van der Waals surface area contributed by atoms with Crippen molar-refractivity contribution in [1.82, 2.24) is 14.3 Å². The van der Waals surface area contributed by atoms with Gasteiger partial charge in [-0.15, -0.1) is 0 Å². The number of amides is 1. The summed E-state index contributed by atoms with van der Waals surface area (Å²) in [4.78, 5) is 31.5. The Balaban J connectivity index is 1.39. The number of hydrogen-bond acceptors (Lipinski definition) is 3. The van der Waals surface area contributed by atoms with Crippen molar-refractivity contribution in [2.75, 3.05) is 13.1 Å².